The lowest BCUT2D eigenvalue weighted by atomic mass is 10.3. The summed E-state index contributed by atoms with van der Waals surface area (Å²) in [6.45, 7) is 5.28. The Balaban J connectivity index is 1.58. The molecular formula is C15H21N5O3. The number of nitrogens with one attached hydrogen (secondary N) is 1. The molecule has 0 atom stereocenters. The molecule has 8 nitrogen and oxygen atoms in total. The summed E-state index contributed by atoms with van der Waals surface area (Å²) < 4.78 is 10.5. The summed E-state index contributed by atoms with van der Waals surface area (Å²) in [4.78, 5) is 7.33. The maximum atomic E-state index is 11.9. The van der Waals surface area contributed by atoms with Gasteiger partial charge in [-0.2, -0.15) is 0 Å². The van der Waals surface area contributed by atoms with E-state index >= 15 is 0 Å². The highest BCUT2D eigenvalue weighted by atomic mass is 16.5. The van der Waals surface area contributed by atoms with Crippen LogP contribution in [0.25, 0.3) is 11.0 Å². The normalized spacial score (nSPS) is 15.7. The van der Waals surface area contributed by atoms with Crippen molar-refractivity contribution in [2.24, 2.45) is 0 Å². The zero-order valence-corrected chi connectivity index (χ0v) is 13.2. The van der Waals surface area contributed by atoms with Gasteiger partial charge in [-0.1, -0.05) is 0 Å². The van der Waals surface area contributed by atoms with Gasteiger partial charge in [-0.15, -0.1) is 0 Å². The van der Waals surface area contributed by atoms with Gasteiger partial charge in [0, 0.05) is 31.8 Å². The molecule has 1 aromatic carbocycles. The number of fused-ring (bicyclic) bond motifs is 1. The molecule has 0 saturated carbocycles. The van der Waals surface area contributed by atoms with Crippen molar-refractivity contribution in [2.75, 3.05) is 51.8 Å². The molecule has 0 amide bonds. The highest BCUT2D eigenvalue weighted by molar-refractivity contribution is 5.73. The average Bonchev–Trinajstić information content (AvgIpc) is 2.59. The first-order valence-electron chi connectivity index (χ1n) is 7.76. The zero-order valence-electron chi connectivity index (χ0n) is 13.2. The lowest BCUT2D eigenvalue weighted by molar-refractivity contribution is -0.641. The predicted octanol–water partition coefficient (Wildman–Crippen LogP) is 0.406. The molecule has 2 heterocycles. The van der Waals surface area contributed by atoms with Crippen molar-refractivity contribution in [3.05, 3.63) is 23.4 Å². The van der Waals surface area contributed by atoms with E-state index in [0.717, 1.165) is 39.3 Å². The summed E-state index contributed by atoms with van der Waals surface area (Å²) in [6.07, 6.45) is 0.957. The van der Waals surface area contributed by atoms with Crippen molar-refractivity contribution in [2.45, 2.75) is 6.42 Å². The SMILES string of the molecule is COc1ccc2c(c1)nc(NCCCN1CCOCC1)n[n+]2[O-]. The summed E-state index contributed by atoms with van der Waals surface area (Å²) in [6, 6.07) is 5.10. The van der Waals surface area contributed by atoms with Crippen molar-refractivity contribution in [1.29, 1.82) is 0 Å². The van der Waals surface area contributed by atoms with Gasteiger partial charge in [-0.25, -0.2) is 4.98 Å². The van der Waals surface area contributed by atoms with Gasteiger partial charge >= 0.3 is 0 Å². The summed E-state index contributed by atoms with van der Waals surface area (Å²) in [5.74, 6) is 0.997. The first-order chi connectivity index (χ1) is 11.3. The van der Waals surface area contributed by atoms with Gasteiger partial charge in [-0.3, -0.25) is 4.90 Å². The Hall–Kier alpha value is -2.19. The second-order valence-electron chi connectivity index (χ2n) is 5.40. The van der Waals surface area contributed by atoms with Gasteiger partial charge in [0.2, 0.25) is 0 Å². The molecular weight excluding hydrogens is 298 g/mol. The van der Waals surface area contributed by atoms with E-state index in [2.05, 4.69) is 20.3 Å². The van der Waals surface area contributed by atoms with Crippen LogP contribution in [-0.4, -0.2) is 61.5 Å². The van der Waals surface area contributed by atoms with Crippen LogP contribution in [0.5, 0.6) is 5.75 Å². The van der Waals surface area contributed by atoms with Crippen molar-refractivity contribution >= 4 is 17.0 Å². The summed E-state index contributed by atoms with van der Waals surface area (Å²) in [5, 5.41) is 19.0. The number of hydrogen-bond donors (Lipinski definition) is 1. The first-order valence-corrected chi connectivity index (χ1v) is 7.76. The fourth-order valence-corrected chi connectivity index (χ4v) is 2.56. The average molecular weight is 319 g/mol. The smallest absolute Gasteiger partial charge is 0.290 e. The quantitative estimate of drug-likeness (QED) is 0.469. The van der Waals surface area contributed by atoms with Gasteiger partial charge in [0.1, 0.15) is 11.3 Å². The number of anilines is 1. The second-order valence-corrected chi connectivity index (χ2v) is 5.40. The maximum Gasteiger partial charge on any atom is 0.290 e. The van der Waals surface area contributed by atoms with E-state index in [1.807, 2.05) is 0 Å². The van der Waals surface area contributed by atoms with Crippen LogP contribution in [0.3, 0.4) is 0 Å². The number of morpholine rings is 1. The summed E-state index contributed by atoms with van der Waals surface area (Å²) >= 11 is 0. The van der Waals surface area contributed by atoms with Crippen LogP contribution in [-0.2, 0) is 4.74 Å². The van der Waals surface area contributed by atoms with Gasteiger partial charge in [0.15, 0.2) is 0 Å². The third-order valence-electron chi connectivity index (χ3n) is 3.84. The van der Waals surface area contributed by atoms with E-state index in [1.165, 1.54) is 0 Å². The summed E-state index contributed by atoms with van der Waals surface area (Å²) in [7, 11) is 1.58. The first kappa shape index (κ1) is 15.7. The summed E-state index contributed by atoms with van der Waals surface area (Å²) in [5.41, 5.74) is 0.981. The van der Waals surface area contributed by atoms with Crippen LogP contribution in [0.15, 0.2) is 18.2 Å². The molecule has 1 aliphatic rings. The molecule has 0 aliphatic carbocycles. The minimum atomic E-state index is 0.336. The minimum Gasteiger partial charge on any atom is -0.594 e. The number of methoxy groups -OCH3 is 1. The van der Waals surface area contributed by atoms with Gasteiger partial charge < -0.3 is 20.0 Å². The number of ether oxygens (including phenoxy) is 2. The van der Waals surface area contributed by atoms with E-state index in [1.54, 1.807) is 25.3 Å². The maximum absolute atomic E-state index is 11.9. The number of rotatable bonds is 6. The molecule has 1 aliphatic heterocycles. The van der Waals surface area contributed by atoms with Crippen molar-refractivity contribution in [3.8, 4) is 5.75 Å². The molecule has 1 fully saturated rings. The van der Waals surface area contributed by atoms with Crippen LogP contribution < -0.4 is 14.9 Å². The lowest BCUT2D eigenvalue weighted by Crippen LogP contribution is -2.37. The third-order valence-corrected chi connectivity index (χ3v) is 3.84. The second kappa shape index (κ2) is 7.38. The highest BCUT2D eigenvalue weighted by Gasteiger charge is 2.12. The van der Waals surface area contributed by atoms with Gasteiger partial charge in [-0.05, 0) is 23.9 Å². The topological polar surface area (TPSA) is 86.5 Å². The monoisotopic (exact) mass is 319 g/mol. The lowest BCUT2D eigenvalue weighted by Gasteiger charge is -2.26. The minimum absolute atomic E-state index is 0.336. The Morgan fingerprint density at radius 1 is 1.39 bits per heavy atom. The molecule has 8 heteroatoms. The Labute approximate surface area is 134 Å². The molecule has 1 aromatic heterocycles. The zero-order chi connectivity index (χ0) is 16.1. The molecule has 2 aromatic rings. The number of nitrogens with zero attached hydrogens (tertiary/aromatic N) is 4. The van der Waals surface area contributed by atoms with Crippen LogP contribution >= 0.6 is 0 Å². The number of hydrogen-bond acceptors (Lipinski definition) is 7. The molecule has 3 rings (SSSR count). The number of benzene rings is 1. The molecule has 1 N–H and O–H groups in total. The molecule has 1 saturated heterocycles. The van der Waals surface area contributed by atoms with E-state index in [9.17, 15) is 5.21 Å². The Bertz CT molecular complexity index is 661. The molecule has 0 spiro atoms. The molecule has 124 valence electrons. The van der Waals surface area contributed by atoms with E-state index in [4.69, 9.17) is 9.47 Å². The molecule has 0 radical (unpaired) electrons. The van der Waals surface area contributed by atoms with Crippen molar-refractivity contribution in [1.82, 2.24) is 15.0 Å². The van der Waals surface area contributed by atoms with Gasteiger partial charge in [0.05, 0.1) is 25.4 Å². The predicted molar refractivity (Wildman–Crippen MR) is 85.4 cm³/mol. The standard InChI is InChI=1S/C15H21N5O3/c1-22-12-3-4-14-13(11-12)17-15(18-20(14)21)16-5-2-6-19-7-9-23-10-8-19/h3-4,11H,2,5-10H2,1H3,(H,16,17,18). The number of aromatic nitrogens is 3. The van der Waals surface area contributed by atoms with E-state index in [0.29, 0.717) is 34.1 Å². The van der Waals surface area contributed by atoms with E-state index < -0.39 is 0 Å². The Morgan fingerprint density at radius 2 is 2.22 bits per heavy atom. The largest absolute Gasteiger partial charge is 0.594 e. The fraction of sp³-hybridized carbons (Fsp3) is 0.533. The fourth-order valence-electron chi connectivity index (χ4n) is 2.56. The van der Waals surface area contributed by atoms with Crippen LogP contribution in [0, 0.1) is 5.21 Å². The van der Waals surface area contributed by atoms with Crippen molar-refractivity contribution in [3.63, 3.8) is 0 Å². The van der Waals surface area contributed by atoms with Crippen LogP contribution in [0.1, 0.15) is 6.42 Å². The molecule has 0 bridgehead atoms. The molecule has 23 heavy (non-hydrogen) atoms. The van der Waals surface area contributed by atoms with Crippen LogP contribution in [0.2, 0.25) is 0 Å². The Kier molecular flexibility index (Phi) is 5.04. The highest BCUT2D eigenvalue weighted by Crippen LogP contribution is 2.16. The third kappa shape index (κ3) is 3.96. The van der Waals surface area contributed by atoms with Crippen molar-refractivity contribution < 1.29 is 14.3 Å². The van der Waals surface area contributed by atoms with E-state index in [-0.39, 0.29) is 0 Å². The van der Waals surface area contributed by atoms with Gasteiger partial charge in [0.25, 0.3) is 11.5 Å². The molecule has 0 unspecified atom stereocenters. The Morgan fingerprint density at radius 3 is 3.00 bits per heavy atom. The van der Waals surface area contributed by atoms with Crippen LogP contribution in [0.4, 0.5) is 5.95 Å².